The molecule has 2 aromatic heterocycles. The third-order valence-electron chi connectivity index (χ3n) is 7.40. The van der Waals surface area contributed by atoms with Crippen molar-refractivity contribution in [2.75, 3.05) is 0 Å². The molecule has 0 atom stereocenters. The van der Waals surface area contributed by atoms with Crippen LogP contribution in [-0.4, -0.2) is 19.5 Å². The minimum Gasteiger partial charge on any atom is -0.301 e. The summed E-state index contributed by atoms with van der Waals surface area (Å²) in [6.07, 6.45) is 1.15. The van der Waals surface area contributed by atoms with Crippen LogP contribution in [0, 0.1) is 41.5 Å². The van der Waals surface area contributed by atoms with E-state index in [4.69, 9.17) is 0 Å². The molecule has 3 N–H and O–H groups in total. The number of hydrogen-bond donors (Lipinski definition) is 3. The Morgan fingerprint density at radius 2 is 1.00 bits per heavy atom. The molecule has 0 radical (unpaired) electrons. The molecule has 5 rings (SSSR count). The molecule has 0 aliphatic rings. The summed E-state index contributed by atoms with van der Waals surface area (Å²) in [4.78, 5) is 57.8. The van der Waals surface area contributed by atoms with Crippen molar-refractivity contribution in [3.05, 3.63) is 146 Å². The fourth-order valence-corrected chi connectivity index (χ4v) is 8.18. The van der Waals surface area contributed by atoms with Crippen molar-refractivity contribution in [2.24, 2.45) is 0 Å². The number of rotatable bonds is 8. The van der Waals surface area contributed by atoms with Crippen LogP contribution < -0.4 is 22.5 Å². The molecule has 0 unspecified atom stereocenters. The lowest BCUT2D eigenvalue weighted by Gasteiger charge is -2.16. The lowest BCUT2D eigenvalue weighted by Crippen LogP contribution is -2.34. The molecule has 0 spiro atoms. The quantitative estimate of drug-likeness (QED) is 0.154. The molecular formula is C37H42N4O4S2. The third kappa shape index (κ3) is 9.39. The van der Waals surface area contributed by atoms with Gasteiger partial charge in [0.15, 0.2) is 0 Å². The summed E-state index contributed by atoms with van der Waals surface area (Å²) < 4.78 is 1.69. The van der Waals surface area contributed by atoms with Gasteiger partial charge in [0.1, 0.15) is 0 Å². The number of aromatic amines is 3. The number of nitrogens with zero attached hydrogens (tertiary/aromatic N) is 1. The van der Waals surface area contributed by atoms with E-state index < -0.39 is 5.69 Å². The Balaban J connectivity index is 0.000000229. The van der Waals surface area contributed by atoms with Crippen LogP contribution in [0.4, 0.5) is 0 Å². The van der Waals surface area contributed by atoms with Gasteiger partial charge in [0.05, 0.1) is 16.6 Å². The predicted molar refractivity (Wildman–Crippen MR) is 193 cm³/mol. The summed E-state index contributed by atoms with van der Waals surface area (Å²) >= 11 is 2.91. The van der Waals surface area contributed by atoms with Gasteiger partial charge in [-0.1, -0.05) is 78.8 Å². The summed E-state index contributed by atoms with van der Waals surface area (Å²) in [6, 6.07) is 18.7. The van der Waals surface area contributed by atoms with Crippen molar-refractivity contribution in [2.45, 2.75) is 94.6 Å². The molecule has 5 aromatic rings. The van der Waals surface area contributed by atoms with Crippen LogP contribution in [0.3, 0.4) is 0 Å². The standard InChI is InChI=1S/C23H26N2O2S.C14H16N2O2S/c1-6-20-21(26)24-23(27)25(13-18-9-14(2)7-15(3)10-18)22(20)28-19-11-16(4)8-17(5)12-19;1-4-11-12(17)15-14(18)16-13(11)19-10-6-8(2)5-9(3)7-10/h7-12H,6,13H2,1-5H3,(H,24,26,27);5-7H,4H2,1-3H3,(H2,15,16,17,18). The molecule has 10 heteroatoms. The van der Waals surface area contributed by atoms with E-state index in [9.17, 15) is 19.2 Å². The lowest BCUT2D eigenvalue weighted by molar-refractivity contribution is 0.634. The normalized spacial score (nSPS) is 10.9. The van der Waals surface area contributed by atoms with Crippen molar-refractivity contribution in [3.63, 3.8) is 0 Å². The molecule has 47 heavy (non-hydrogen) atoms. The van der Waals surface area contributed by atoms with Crippen molar-refractivity contribution in [1.82, 2.24) is 19.5 Å². The van der Waals surface area contributed by atoms with Gasteiger partial charge in [-0.3, -0.25) is 24.1 Å². The molecular weight excluding hydrogens is 629 g/mol. The summed E-state index contributed by atoms with van der Waals surface area (Å²) in [5.74, 6) is 0. The highest BCUT2D eigenvalue weighted by Crippen LogP contribution is 2.31. The van der Waals surface area contributed by atoms with E-state index in [1.165, 1.54) is 23.5 Å². The summed E-state index contributed by atoms with van der Waals surface area (Å²) in [6.45, 7) is 16.5. The topological polar surface area (TPSA) is 121 Å². The van der Waals surface area contributed by atoms with E-state index in [1.54, 1.807) is 4.57 Å². The van der Waals surface area contributed by atoms with Gasteiger partial charge >= 0.3 is 11.4 Å². The molecule has 0 aliphatic carbocycles. The van der Waals surface area contributed by atoms with Gasteiger partial charge in [0.2, 0.25) is 0 Å². The second kappa shape index (κ2) is 15.5. The second-order valence-corrected chi connectivity index (χ2v) is 14.0. The van der Waals surface area contributed by atoms with E-state index >= 15 is 0 Å². The Morgan fingerprint density at radius 1 is 0.553 bits per heavy atom. The molecule has 0 amide bonds. The van der Waals surface area contributed by atoms with Crippen LogP contribution in [-0.2, 0) is 19.4 Å². The first-order valence-electron chi connectivity index (χ1n) is 15.6. The highest BCUT2D eigenvalue weighted by molar-refractivity contribution is 7.99. The number of nitrogens with one attached hydrogen (secondary N) is 3. The van der Waals surface area contributed by atoms with Crippen LogP contribution in [0.25, 0.3) is 0 Å². The maximum atomic E-state index is 12.7. The molecule has 8 nitrogen and oxygen atoms in total. The van der Waals surface area contributed by atoms with Crippen molar-refractivity contribution < 1.29 is 0 Å². The van der Waals surface area contributed by atoms with E-state index in [0.717, 1.165) is 53.8 Å². The smallest absolute Gasteiger partial charge is 0.301 e. The van der Waals surface area contributed by atoms with Crippen LogP contribution in [0.1, 0.15) is 63.9 Å². The molecule has 0 bridgehead atoms. The number of H-pyrrole nitrogens is 3. The Labute approximate surface area is 283 Å². The number of hydrogen-bond acceptors (Lipinski definition) is 6. The molecule has 0 aliphatic heterocycles. The first-order valence-corrected chi connectivity index (χ1v) is 17.2. The molecule has 0 fully saturated rings. The monoisotopic (exact) mass is 670 g/mol. The Kier molecular flexibility index (Phi) is 11.8. The average Bonchev–Trinajstić information content (AvgIpc) is 2.94. The maximum absolute atomic E-state index is 12.7. The minimum absolute atomic E-state index is 0.295. The molecule has 0 saturated carbocycles. The van der Waals surface area contributed by atoms with Gasteiger partial charge < -0.3 is 4.98 Å². The van der Waals surface area contributed by atoms with Gasteiger partial charge in [0.25, 0.3) is 11.1 Å². The summed E-state index contributed by atoms with van der Waals surface area (Å²) in [5.41, 5.74) is 7.84. The van der Waals surface area contributed by atoms with Gasteiger partial charge in [-0.2, -0.15) is 0 Å². The number of benzene rings is 3. The van der Waals surface area contributed by atoms with Gasteiger partial charge in [0, 0.05) is 20.9 Å². The maximum Gasteiger partial charge on any atom is 0.329 e. The van der Waals surface area contributed by atoms with Crippen molar-refractivity contribution in [3.8, 4) is 0 Å². The van der Waals surface area contributed by atoms with Crippen molar-refractivity contribution >= 4 is 23.5 Å². The van der Waals surface area contributed by atoms with E-state index in [2.05, 4.69) is 85.1 Å². The molecule has 246 valence electrons. The van der Waals surface area contributed by atoms with E-state index in [0.29, 0.717) is 35.5 Å². The fraction of sp³-hybridized carbons (Fsp3) is 0.297. The molecule has 0 saturated heterocycles. The summed E-state index contributed by atoms with van der Waals surface area (Å²) in [5, 5.41) is 1.35. The first kappa shape index (κ1) is 35.6. The van der Waals surface area contributed by atoms with Crippen LogP contribution in [0.5, 0.6) is 0 Å². The fourth-order valence-electron chi connectivity index (χ4n) is 5.62. The predicted octanol–water partition coefficient (Wildman–Crippen LogP) is 6.93. The van der Waals surface area contributed by atoms with Gasteiger partial charge in [-0.25, -0.2) is 9.59 Å². The average molecular weight is 671 g/mol. The van der Waals surface area contributed by atoms with Crippen LogP contribution in [0.15, 0.2) is 93.6 Å². The zero-order valence-corrected chi connectivity index (χ0v) is 29.8. The number of aromatic nitrogens is 4. The minimum atomic E-state index is -0.464. The Morgan fingerprint density at radius 3 is 1.49 bits per heavy atom. The Bertz CT molecular complexity index is 2100. The summed E-state index contributed by atoms with van der Waals surface area (Å²) in [7, 11) is 0. The first-order chi connectivity index (χ1) is 22.3. The highest BCUT2D eigenvalue weighted by atomic mass is 32.2. The Hall–Kier alpha value is -4.28. The molecule has 3 aromatic carbocycles. The SMILES string of the molecule is CCc1c(Sc2cc(C)cc(C)c2)[nH]c(=O)[nH]c1=O.CCc1c(Sc2cc(C)cc(C)c2)n(Cc2cc(C)cc(C)c2)c(=O)[nH]c1=O. The number of aryl methyl sites for hydroxylation is 6. The zero-order chi connectivity index (χ0) is 34.4. The van der Waals surface area contributed by atoms with Crippen molar-refractivity contribution in [1.29, 1.82) is 0 Å². The largest absolute Gasteiger partial charge is 0.329 e. The van der Waals surface area contributed by atoms with Crippen LogP contribution in [0.2, 0.25) is 0 Å². The highest BCUT2D eigenvalue weighted by Gasteiger charge is 2.16. The van der Waals surface area contributed by atoms with Gasteiger partial charge in [-0.05, 0) is 106 Å². The lowest BCUT2D eigenvalue weighted by atomic mass is 10.1. The zero-order valence-electron chi connectivity index (χ0n) is 28.2. The van der Waals surface area contributed by atoms with E-state index in [-0.39, 0.29) is 16.8 Å². The molecule has 2 heterocycles. The second-order valence-electron chi connectivity index (χ2n) is 11.9. The van der Waals surface area contributed by atoms with E-state index in [1.807, 2.05) is 39.8 Å². The van der Waals surface area contributed by atoms with Gasteiger partial charge in [-0.15, -0.1) is 0 Å². The van der Waals surface area contributed by atoms with Crippen LogP contribution >= 0.6 is 23.5 Å². The third-order valence-corrected chi connectivity index (χ3v) is 9.55.